The molecule has 9 heteroatoms. The highest BCUT2D eigenvalue weighted by molar-refractivity contribution is 7.25. The van der Waals surface area contributed by atoms with Crippen molar-refractivity contribution in [1.82, 2.24) is 20.1 Å². The quantitative estimate of drug-likeness (QED) is 0.470. The lowest BCUT2D eigenvalue weighted by Gasteiger charge is -1.99. The van der Waals surface area contributed by atoms with Gasteiger partial charge in [0.1, 0.15) is 15.0 Å². The lowest BCUT2D eigenvalue weighted by atomic mass is 10.1. The van der Waals surface area contributed by atoms with E-state index >= 15 is 0 Å². The Hall–Kier alpha value is -2.35. The predicted molar refractivity (Wildman–Crippen MR) is 106 cm³/mol. The zero-order valence-corrected chi connectivity index (χ0v) is 16.0. The van der Waals surface area contributed by atoms with Crippen LogP contribution in [0.25, 0.3) is 20.4 Å². The van der Waals surface area contributed by atoms with Gasteiger partial charge in [-0.25, -0.2) is 4.98 Å². The molecule has 0 atom stereocenters. The first kappa shape index (κ1) is 17.1. The van der Waals surface area contributed by atoms with Crippen molar-refractivity contribution in [2.45, 2.75) is 13.8 Å². The Labute approximate surface area is 161 Å². The standard InChI is InChI=1S/C17H11Cl2N5OS/c1-8-5-9(2)21-16-13(8)14-15(26-16)17(25)24(23-22-14)20-7-10-3-4-11(18)6-12(10)19/h3-7H,1-2H3. The molecule has 0 N–H and O–H groups in total. The SMILES string of the molecule is Cc1cc(C)c2c(n1)sc1c(=O)n(N=Cc3ccc(Cl)cc3Cl)nnc12. The van der Waals surface area contributed by atoms with E-state index in [1.165, 1.54) is 17.6 Å². The molecule has 6 nitrogen and oxygen atoms in total. The summed E-state index contributed by atoms with van der Waals surface area (Å²) in [4.78, 5) is 18.9. The molecule has 4 aromatic rings. The maximum absolute atomic E-state index is 12.7. The van der Waals surface area contributed by atoms with Gasteiger partial charge in [0.2, 0.25) is 0 Å². The Balaban J connectivity index is 1.86. The molecule has 3 aromatic heterocycles. The number of halogens is 2. The Kier molecular flexibility index (Phi) is 4.22. The maximum atomic E-state index is 12.7. The fourth-order valence-electron chi connectivity index (χ4n) is 2.68. The second-order valence-electron chi connectivity index (χ2n) is 5.73. The van der Waals surface area contributed by atoms with Gasteiger partial charge in [0, 0.05) is 21.7 Å². The molecule has 0 amide bonds. The number of thiophene rings is 1. The molecular weight excluding hydrogens is 393 g/mol. The van der Waals surface area contributed by atoms with Gasteiger partial charge in [-0.1, -0.05) is 34.1 Å². The van der Waals surface area contributed by atoms with Gasteiger partial charge in [-0.15, -0.1) is 16.4 Å². The summed E-state index contributed by atoms with van der Waals surface area (Å²) in [6, 6.07) is 6.96. The van der Waals surface area contributed by atoms with Crippen LogP contribution in [0.3, 0.4) is 0 Å². The van der Waals surface area contributed by atoms with Crippen LogP contribution in [0.1, 0.15) is 16.8 Å². The zero-order valence-electron chi connectivity index (χ0n) is 13.7. The lowest BCUT2D eigenvalue weighted by Crippen LogP contribution is -2.19. The smallest absolute Gasteiger partial charge is 0.264 e. The monoisotopic (exact) mass is 403 g/mol. The Morgan fingerprint density at radius 2 is 2.04 bits per heavy atom. The van der Waals surface area contributed by atoms with Gasteiger partial charge in [-0.3, -0.25) is 4.79 Å². The van der Waals surface area contributed by atoms with Crippen LogP contribution >= 0.6 is 34.5 Å². The van der Waals surface area contributed by atoms with Crippen molar-refractivity contribution in [2.75, 3.05) is 0 Å². The number of fused-ring (bicyclic) bond motifs is 3. The van der Waals surface area contributed by atoms with Crippen molar-refractivity contribution in [1.29, 1.82) is 0 Å². The third-order valence-electron chi connectivity index (χ3n) is 3.84. The average molecular weight is 404 g/mol. The second-order valence-corrected chi connectivity index (χ2v) is 7.58. The van der Waals surface area contributed by atoms with Gasteiger partial charge in [-0.05, 0) is 42.8 Å². The van der Waals surface area contributed by atoms with Crippen LogP contribution in [-0.4, -0.2) is 26.3 Å². The summed E-state index contributed by atoms with van der Waals surface area (Å²) in [6.45, 7) is 3.89. The molecule has 0 saturated carbocycles. The van der Waals surface area contributed by atoms with Gasteiger partial charge in [0.25, 0.3) is 0 Å². The largest absolute Gasteiger partial charge is 0.309 e. The fraction of sp³-hybridized carbons (Fsp3) is 0.118. The van der Waals surface area contributed by atoms with Crippen LogP contribution in [0.4, 0.5) is 0 Å². The number of hydrogen-bond acceptors (Lipinski definition) is 6. The first-order valence-electron chi connectivity index (χ1n) is 7.60. The topological polar surface area (TPSA) is 73.0 Å². The van der Waals surface area contributed by atoms with Crippen LogP contribution in [0, 0.1) is 13.8 Å². The minimum Gasteiger partial charge on any atom is -0.264 e. The first-order chi connectivity index (χ1) is 12.4. The molecule has 0 aliphatic carbocycles. The molecule has 0 aliphatic rings. The summed E-state index contributed by atoms with van der Waals surface area (Å²) in [5.41, 5.74) is 2.73. The highest BCUT2D eigenvalue weighted by Crippen LogP contribution is 2.31. The number of hydrogen-bond donors (Lipinski definition) is 0. The molecule has 1 aromatic carbocycles. The molecule has 26 heavy (non-hydrogen) atoms. The first-order valence-corrected chi connectivity index (χ1v) is 9.17. The van der Waals surface area contributed by atoms with E-state index in [0.29, 0.717) is 25.8 Å². The van der Waals surface area contributed by atoms with Crippen LogP contribution in [0.2, 0.25) is 10.0 Å². The van der Waals surface area contributed by atoms with Gasteiger partial charge < -0.3 is 0 Å². The molecule has 0 unspecified atom stereocenters. The Bertz CT molecular complexity index is 1260. The summed E-state index contributed by atoms with van der Waals surface area (Å²) in [5, 5.41) is 14.0. The van der Waals surface area contributed by atoms with Crippen LogP contribution < -0.4 is 5.56 Å². The van der Waals surface area contributed by atoms with E-state index < -0.39 is 0 Å². The van der Waals surface area contributed by atoms with Crippen molar-refractivity contribution in [2.24, 2.45) is 5.10 Å². The Morgan fingerprint density at radius 1 is 1.23 bits per heavy atom. The Morgan fingerprint density at radius 3 is 2.81 bits per heavy atom. The van der Waals surface area contributed by atoms with E-state index in [-0.39, 0.29) is 5.56 Å². The highest BCUT2D eigenvalue weighted by atomic mass is 35.5. The maximum Gasteiger partial charge on any atom is 0.309 e. The molecule has 130 valence electrons. The van der Waals surface area contributed by atoms with Crippen LogP contribution in [0.15, 0.2) is 34.2 Å². The van der Waals surface area contributed by atoms with E-state index in [2.05, 4.69) is 20.4 Å². The van der Waals surface area contributed by atoms with Gasteiger partial charge >= 0.3 is 5.56 Å². The molecule has 0 saturated heterocycles. The van der Waals surface area contributed by atoms with Gasteiger partial charge in [0.05, 0.1) is 11.2 Å². The van der Waals surface area contributed by atoms with Crippen LogP contribution in [0.5, 0.6) is 0 Å². The van der Waals surface area contributed by atoms with E-state index in [0.717, 1.165) is 26.3 Å². The van der Waals surface area contributed by atoms with Gasteiger partial charge in [-0.2, -0.15) is 5.10 Å². The molecule has 0 aliphatic heterocycles. The highest BCUT2D eigenvalue weighted by Gasteiger charge is 2.15. The summed E-state index contributed by atoms with van der Waals surface area (Å²) < 4.78 is 0.468. The van der Waals surface area contributed by atoms with E-state index in [1.54, 1.807) is 18.2 Å². The molecule has 0 spiro atoms. The number of pyridine rings is 1. The minimum absolute atomic E-state index is 0.351. The van der Waals surface area contributed by atoms with Gasteiger partial charge in [0.15, 0.2) is 0 Å². The summed E-state index contributed by atoms with van der Waals surface area (Å²) in [5.74, 6) is 0. The second kappa shape index (κ2) is 6.42. The normalized spacial score (nSPS) is 11.8. The molecule has 0 radical (unpaired) electrons. The number of aromatic nitrogens is 4. The number of benzene rings is 1. The lowest BCUT2D eigenvalue weighted by molar-refractivity contribution is 0.643. The van der Waals surface area contributed by atoms with Crippen molar-refractivity contribution < 1.29 is 0 Å². The van der Waals surface area contributed by atoms with Crippen molar-refractivity contribution >= 4 is 61.2 Å². The molecular formula is C17H11Cl2N5OS. The molecule has 3 heterocycles. The molecule has 0 bridgehead atoms. The van der Waals surface area contributed by atoms with Crippen LogP contribution in [-0.2, 0) is 0 Å². The molecule has 0 fully saturated rings. The predicted octanol–water partition coefficient (Wildman–Crippen LogP) is 4.21. The average Bonchev–Trinajstić information content (AvgIpc) is 2.95. The summed E-state index contributed by atoms with van der Waals surface area (Å²) in [7, 11) is 0. The minimum atomic E-state index is -0.351. The van der Waals surface area contributed by atoms with E-state index in [9.17, 15) is 4.79 Å². The van der Waals surface area contributed by atoms with Crippen molar-refractivity contribution in [3.8, 4) is 0 Å². The third-order valence-corrected chi connectivity index (χ3v) is 5.46. The van der Waals surface area contributed by atoms with Crippen molar-refractivity contribution in [3.63, 3.8) is 0 Å². The number of nitrogens with zero attached hydrogens (tertiary/aromatic N) is 5. The summed E-state index contributed by atoms with van der Waals surface area (Å²) >= 11 is 13.3. The number of rotatable bonds is 2. The number of aryl methyl sites for hydroxylation is 2. The van der Waals surface area contributed by atoms with Crippen molar-refractivity contribution in [3.05, 3.63) is 61.5 Å². The zero-order chi connectivity index (χ0) is 18.4. The third kappa shape index (κ3) is 2.88. The van der Waals surface area contributed by atoms with E-state index in [4.69, 9.17) is 23.2 Å². The fourth-order valence-corrected chi connectivity index (χ4v) is 4.29. The summed E-state index contributed by atoms with van der Waals surface area (Å²) in [6.07, 6.45) is 1.45. The molecule has 4 rings (SSSR count). The van der Waals surface area contributed by atoms with E-state index in [1.807, 2.05) is 19.9 Å².